The number of amides is 3. The van der Waals surface area contributed by atoms with E-state index in [0.29, 0.717) is 17.3 Å². The Kier molecular flexibility index (Phi) is 6.15. The third-order valence-corrected chi connectivity index (χ3v) is 4.56. The van der Waals surface area contributed by atoms with E-state index in [-0.39, 0.29) is 30.2 Å². The zero-order valence-corrected chi connectivity index (χ0v) is 14.2. The van der Waals surface area contributed by atoms with Gasteiger partial charge in [0.2, 0.25) is 11.8 Å². The molecule has 0 saturated heterocycles. The third-order valence-electron chi connectivity index (χ3n) is 3.69. The van der Waals surface area contributed by atoms with Crippen molar-refractivity contribution in [1.82, 2.24) is 16.0 Å². The summed E-state index contributed by atoms with van der Waals surface area (Å²) in [4.78, 5) is 36.6. The zero-order chi connectivity index (χ0) is 16.8. The fourth-order valence-electron chi connectivity index (χ4n) is 2.08. The average Bonchev–Trinajstić information content (AvgIpc) is 3.18. The first-order valence-electron chi connectivity index (χ1n) is 7.86. The molecule has 2 rings (SSSR count). The van der Waals surface area contributed by atoms with Crippen molar-refractivity contribution in [2.24, 2.45) is 11.8 Å². The lowest BCUT2D eigenvalue weighted by Crippen LogP contribution is -2.51. The highest BCUT2D eigenvalue weighted by atomic mass is 32.1. The van der Waals surface area contributed by atoms with Crippen LogP contribution in [0.2, 0.25) is 0 Å². The molecule has 6 nitrogen and oxygen atoms in total. The maximum atomic E-state index is 12.2. The molecule has 1 aliphatic rings. The van der Waals surface area contributed by atoms with Gasteiger partial charge in [0.1, 0.15) is 6.04 Å². The summed E-state index contributed by atoms with van der Waals surface area (Å²) >= 11 is 1.32. The summed E-state index contributed by atoms with van der Waals surface area (Å²) in [6.07, 6.45) is 2.33. The van der Waals surface area contributed by atoms with Gasteiger partial charge in [0, 0.05) is 6.54 Å². The number of thiophene rings is 1. The van der Waals surface area contributed by atoms with Crippen LogP contribution in [0.3, 0.4) is 0 Å². The minimum atomic E-state index is -0.666. The van der Waals surface area contributed by atoms with Gasteiger partial charge in [-0.15, -0.1) is 11.3 Å². The van der Waals surface area contributed by atoms with Crippen LogP contribution in [0.4, 0.5) is 0 Å². The molecule has 0 aromatic carbocycles. The monoisotopic (exact) mass is 337 g/mol. The predicted molar refractivity (Wildman–Crippen MR) is 89.2 cm³/mol. The third kappa shape index (κ3) is 5.67. The van der Waals surface area contributed by atoms with E-state index in [2.05, 4.69) is 16.0 Å². The number of nitrogens with one attached hydrogen (secondary N) is 3. The number of rotatable bonds is 8. The molecule has 126 valence electrons. The molecule has 0 spiro atoms. The molecule has 1 saturated carbocycles. The van der Waals surface area contributed by atoms with Crippen molar-refractivity contribution >= 4 is 29.1 Å². The van der Waals surface area contributed by atoms with E-state index >= 15 is 0 Å². The van der Waals surface area contributed by atoms with Crippen LogP contribution < -0.4 is 16.0 Å². The van der Waals surface area contributed by atoms with Crippen LogP contribution in [0.1, 0.15) is 36.4 Å². The molecule has 0 radical (unpaired) electrons. The standard InChI is InChI=1S/C16H23N3O3S/c1-10(2)14(19-15(21)12-4-3-7-23-12)16(22)18-9-13(20)17-8-11-5-6-11/h3-4,7,10-11,14H,5-6,8-9H2,1-2H3,(H,17,20)(H,18,22)(H,19,21)/t14-/m0/s1. The smallest absolute Gasteiger partial charge is 0.262 e. The highest BCUT2D eigenvalue weighted by molar-refractivity contribution is 7.12. The van der Waals surface area contributed by atoms with Gasteiger partial charge in [-0.1, -0.05) is 19.9 Å². The Morgan fingerprint density at radius 1 is 1.26 bits per heavy atom. The second-order valence-corrected chi connectivity index (χ2v) is 7.09. The van der Waals surface area contributed by atoms with E-state index in [0.717, 1.165) is 12.8 Å². The van der Waals surface area contributed by atoms with Crippen molar-refractivity contribution in [3.8, 4) is 0 Å². The summed E-state index contributed by atoms with van der Waals surface area (Å²) in [7, 11) is 0. The zero-order valence-electron chi connectivity index (χ0n) is 13.4. The Bertz CT molecular complexity index is 553. The van der Waals surface area contributed by atoms with E-state index in [9.17, 15) is 14.4 Å². The molecule has 1 atom stereocenters. The summed E-state index contributed by atoms with van der Waals surface area (Å²) in [5.41, 5.74) is 0. The number of hydrogen-bond donors (Lipinski definition) is 3. The Labute approximate surface area is 140 Å². The summed E-state index contributed by atoms with van der Waals surface area (Å²) in [6.45, 7) is 4.32. The molecule has 1 heterocycles. The largest absolute Gasteiger partial charge is 0.354 e. The number of carbonyl (C=O) groups is 3. The molecule has 1 aliphatic carbocycles. The normalized spacial score (nSPS) is 15.1. The van der Waals surface area contributed by atoms with Gasteiger partial charge in [0.05, 0.1) is 11.4 Å². The Balaban J connectivity index is 1.80. The molecule has 23 heavy (non-hydrogen) atoms. The van der Waals surface area contributed by atoms with Crippen LogP contribution in [0.15, 0.2) is 17.5 Å². The second-order valence-electron chi connectivity index (χ2n) is 6.14. The van der Waals surface area contributed by atoms with Gasteiger partial charge >= 0.3 is 0 Å². The first kappa shape index (κ1) is 17.5. The van der Waals surface area contributed by atoms with Crippen LogP contribution >= 0.6 is 11.3 Å². The van der Waals surface area contributed by atoms with Crippen LogP contribution in [-0.4, -0.2) is 36.9 Å². The maximum Gasteiger partial charge on any atom is 0.262 e. The lowest BCUT2D eigenvalue weighted by Gasteiger charge is -2.21. The van der Waals surface area contributed by atoms with Crippen molar-refractivity contribution in [2.45, 2.75) is 32.7 Å². The number of carbonyl (C=O) groups excluding carboxylic acids is 3. The Morgan fingerprint density at radius 2 is 2.00 bits per heavy atom. The lowest BCUT2D eigenvalue weighted by atomic mass is 10.0. The maximum absolute atomic E-state index is 12.2. The van der Waals surface area contributed by atoms with Crippen molar-refractivity contribution in [2.75, 3.05) is 13.1 Å². The van der Waals surface area contributed by atoms with E-state index in [1.165, 1.54) is 11.3 Å². The minimum absolute atomic E-state index is 0.0658. The van der Waals surface area contributed by atoms with Crippen LogP contribution in [0, 0.1) is 11.8 Å². The van der Waals surface area contributed by atoms with Gasteiger partial charge in [-0.2, -0.15) is 0 Å². The molecule has 3 N–H and O–H groups in total. The van der Waals surface area contributed by atoms with E-state index in [1.54, 1.807) is 12.1 Å². The highest BCUT2D eigenvalue weighted by Gasteiger charge is 2.26. The topological polar surface area (TPSA) is 87.3 Å². The van der Waals surface area contributed by atoms with E-state index in [4.69, 9.17) is 0 Å². The summed E-state index contributed by atoms with van der Waals surface area (Å²) in [6, 6.07) is 2.83. The fraction of sp³-hybridized carbons (Fsp3) is 0.562. The van der Waals surface area contributed by atoms with Gasteiger partial charge in [-0.25, -0.2) is 0 Å². The van der Waals surface area contributed by atoms with E-state index in [1.807, 2.05) is 19.2 Å². The summed E-state index contributed by atoms with van der Waals surface area (Å²) in [5, 5.41) is 9.93. The SMILES string of the molecule is CC(C)[C@H](NC(=O)c1cccs1)C(=O)NCC(=O)NCC1CC1. The molecule has 1 aromatic heterocycles. The lowest BCUT2D eigenvalue weighted by molar-refractivity contribution is -0.127. The van der Waals surface area contributed by atoms with Gasteiger partial charge < -0.3 is 16.0 Å². The first-order valence-corrected chi connectivity index (χ1v) is 8.74. The molecule has 1 fully saturated rings. The van der Waals surface area contributed by atoms with E-state index < -0.39 is 6.04 Å². The Morgan fingerprint density at radius 3 is 2.57 bits per heavy atom. The summed E-state index contributed by atoms with van der Waals surface area (Å²) in [5.74, 6) is -0.285. The fourth-order valence-corrected chi connectivity index (χ4v) is 2.70. The molecule has 0 unspecified atom stereocenters. The molecular weight excluding hydrogens is 314 g/mol. The Hall–Kier alpha value is -1.89. The van der Waals surface area contributed by atoms with Crippen molar-refractivity contribution < 1.29 is 14.4 Å². The second kappa shape index (κ2) is 8.10. The molecule has 7 heteroatoms. The highest BCUT2D eigenvalue weighted by Crippen LogP contribution is 2.27. The van der Waals surface area contributed by atoms with Crippen LogP contribution in [0.5, 0.6) is 0 Å². The van der Waals surface area contributed by atoms with Crippen LogP contribution in [0.25, 0.3) is 0 Å². The molecule has 3 amide bonds. The molecule has 1 aromatic rings. The van der Waals surface area contributed by atoms with Crippen molar-refractivity contribution in [1.29, 1.82) is 0 Å². The van der Waals surface area contributed by atoms with Crippen molar-refractivity contribution in [3.63, 3.8) is 0 Å². The minimum Gasteiger partial charge on any atom is -0.354 e. The molecule has 0 bridgehead atoms. The predicted octanol–water partition coefficient (Wildman–Crippen LogP) is 1.14. The first-order chi connectivity index (χ1) is 11.0. The van der Waals surface area contributed by atoms with Gasteiger partial charge in [-0.3, -0.25) is 14.4 Å². The van der Waals surface area contributed by atoms with Crippen molar-refractivity contribution in [3.05, 3.63) is 22.4 Å². The van der Waals surface area contributed by atoms with Gasteiger partial charge in [-0.05, 0) is 36.1 Å². The number of hydrogen-bond acceptors (Lipinski definition) is 4. The quantitative estimate of drug-likeness (QED) is 0.665. The van der Waals surface area contributed by atoms with Gasteiger partial charge in [0.25, 0.3) is 5.91 Å². The molecule has 0 aliphatic heterocycles. The molecular formula is C16H23N3O3S. The van der Waals surface area contributed by atoms with Crippen LogP contribution in [-0.2, 0) is 9.59 Å². The summed E-state index contributed by atoms with van der Waals surface area (Å²) < 4.78 is 0. The van der Waals surface area contributed by atoms with Gasteiger partial charge in [0.15, 0.2) is 0 Å². The average molecular weight is 337 g/mol.